The maximum absolute atomic E-state index is 12.2. The zero-order valence-corrected chi connectivity index (χ0v) is 13.4. The molecule has 1 aliphatic rings. The predicted octanol–water partition coefficient (Wildman–Crippen LogP) is 2.85. The lowest BCUT2D eigenvalue weighted by Crippen LogP contribution is -2.18. The van der Waals surface area contributed by atoms with Crippen molar-refractivity contribution in [2.75, 3.05) is 22.7 Å². The highest BCUT2D eigenvalue weighted by atomic mass is 32.2. The highest BCUT2D eigenvalue weighted by Crippen LogP contribution is 2.24. The Balaban J connectivity index is 1.75. The summed E-state index contributed by atoms with van der Waals surface area (Å²) >= 11 is 1.25. The zero-order valence-electron chi connectivity index (χ0n) is 11.7. The molecule has 1 aliphatic heterocycles. The van der Waals surface area contributed by atoms with Gasteiger partial charge in [-0.05, 0) is 44.0 Å². The Morgan fingerprint density at radius 2 is 1.95 bits per heavy atom. The van der Waals surface area contributed by atoms with E-state index in [2.05, 4.69) is 14.6 Å². The first-order valence-electron chi connectivity index (χ1n) is 6.85. The Kier molecular flexibility index (Phi) is 3.86. The van der Waals surface area contributed by atoms with Crippen LogP contribution in [0, 0.1) is 6.92 Å². The Morgan fingerprint density at radius 3 is 2.52 bits per heavy atom. The zero-order chi connectivity index (χ0) is 14.9. The molecule has 0 unspecified atom stereocenters. The number of pyridine rings is 1. The molecule has 1 N–H and O–H groups in total. The molecule has 0 aliphatic carbocycles. The number of nitrogens with zero attached hydrogens (tertiary/aromatic N) is 2. The molecule has 0 spiro atoms. The van der Waals surface area contributed by atoms with Gasteiger partial charge in [-0.1, -0.05) is 0 Å². The van der Waals surface area contributed by atoms with Crippen molar-refractivity contribution in [1.82, 2.24) is 4.98 Å². The molecule has 2 aromatic rings. The summed E-state index contributed by atoms with van der Waals surface area (Å²) in [5.74, 6) is 0.351. The van der Waals surface area contributed by atoms with Crippen LogP contribution in [0.15, 0.2) is 34.7 Å². The van der Waals surface area contributed by atoms with Crippen molar-refractivity contribution >= 4 is 32.9 Å². The third-order valence-corrected chi connectivity index (χ3v) is 6.29. The van der Waals surface area contributed by atoms with E-state index in [0.717, 1.165) is 23.7 Å². The molecule has 0 radical (unpaired) electrons. The van der Waals surface area contributed by atoms with Crippen LogP contribution >= 0.6 is 11.3 Å². The summed E-state index contributed by atoms with van der Waals surface area (Å²) in [7, 11) is -3.53. The summed E-state index contributed by atoms with van der Waals surface area (Å²) in [5, 5.41) is 0. The number of thiophene rings is 1. The first kappa shape index (κ1) is 14.3. The molecule has 0 amide bonds. The monoisotopic (exact) mass is 323 g/mol. The second-order valence-electron chi connectivity index (χ2n) is 5.07. The summed E-state index contributed by atoms with van der Waals surface area (Å²) in [6, 6.07) is 7.03. The lowest BCUT2D eigenvalue weighted by molar-refractivity contribution is 0.603. The number of rotatable bonds is 4. The number of aromatic nitrogens is 1. The van der Waals surface area contributed by atoms with Gasteiger partial charge in [0.1, 0.15) is 10.0 Å². The fraction of sp³-hybridized carbons (Fsp3) is 0.357. The van der Waals surface area contributed by atoms with E-state index in [1.165, 1.54) is 24.2 Å². The number of hydrogen-bond donors (Lipinski definition) is 1. The number of nitrogens with one attached hydrogen (secondary N) is 1. The van der Waals surface area contributed by atoms with Gasteiger partial charge in [0.15, 0.2) is 0 Å². The molecule has 7 heteroatoms. The largest absolute Gasteiger partial charge is 0.370 e. The number of hydrogen-bond acceptors (Lipinski definition) is 5. The smallest absolute Gasteiger partial charge is 0.272 e. The van der Waals surface area contributed by atoms with Gasteiger partial charge in [-0.2, -0.15) is 0 Å². The average molecular weight is 323 g/mol. The molecule has 1 fully saturated rings. The molecule has 3 heterocycles. The third-order valence-electron chi connectivity index (χ3n) is 3.44. The summed E-state index contributed by atoms with van der Waals surface area (Å²) in [4.78, 5) is 7.44. The number of aryl methyl sites for hydroxylation is 1. The number of anilines is 2. The van der Waals surface area contributed by atoms with Gasteiger partial charge in [-0.25, -0.2) is 13.4 Å². The number of sulfonamides is 1. The van der Waals surface area contributed by atoms with Crippen LogP contribution in [0.25, 0.3) is 0 Å². The Hall–Kier alpha value is -1.60. The summed E-state index contributed by atoms with van der Waals surface area (Å²) < 4.78 is 27.2. The molecule has 2 aromatic heterocycles. The van der Waals surface area contributed by atoms with Crippen LogP contribution in [-0.4, -0.2) is 26.5 Å². The maximum Gasteiger partial charge on any atom is 0.272 e. The van der Waals surface area contributed by atoms with E-state index in [-0.39, 0.29) is 0 Å². The Morgan fingerprint density at radius 1 is 1.19 bits per heavy atom. The minimum absolute atomic E-state index is 0.311. The van der Waals surface area contributed by atoms with Gasteiger partial charge in [0.05, 0.1) is 11.9 Å². The lowest BCUT2D eigenvalue weighted by atomic mass is 10.4. The van der Waals surface area contributed by atoms with E-state index in [1.54, 1.807) is 24.4 Å². The van der Waals surface area contributed by atoms with Gasteiger partial charge in [-0.3, -0.25) is 4.72 Å². The molecule has 1 saturated heterocycles. The van der Waals surface area contributed by atoms with Crippen molar-refractivity contribution in [3.8, 4) is 0 Å². The highest BCUT2D eigenvalue weighted by molar-refractivity contribution is 7.94. The Labute approximate surface area is 128 Å². The quantitative estimate of drug-likeness (QED) is 0.940. The molecule has 112 valence electrons. The topological polar surface area (TPSA) is 62.3 Å². The molecule has 0 aromatic carbocycles. The maximum atomic E-state index is 12.2. The molecule has 3 rings (SSSR count). The first-order chi connectivity index (χ1) is 10.0. The molecule has 0 atom stereocenters. The van der Waals surface area contributed by atoms with Gasteiger partial charge in [0, 0.05) is 18.0 Å². The molecule has 5 nitrogen and oxygen atoms in total. The van der Waals surface area contributed by atoms with Gasteiger partial charge < -0.3 is 4.90 Å². The SMILES string of the molecule is Cc1ccc(S(=O)(=O)Nc2ccc(N3CCCC3)cn2)s1. The van der Waals surface area contributed by atoms with Crippen LogP contribution < -0.4 is 9.62 Å². The van der Waals surface area contributed by atoms with Gasteiger partial charge in [0.2, 0.25) is 0 Å². The van der Waals surface area contributed by atoms with Crippen LogP contribution in [0.1, 0.15) is 17.7 Å². The molecular formula is C14H17N3O2S2. The summed E-state index contributed by atoms with van der Waals surface area (Å²) in [6.07, 6.45) is 4.13. The van der Waals surface area contributed by atoms with Crippen LogP contribution in [0.4, 0.5) is 11.5 Å². The summed E-state index contributed by atoms with van der Waals surface area (Å²) in [5.41, 5.74) is 1.04. The van der Waals surface area contributed by atoms with E-state index in [0.29, 0.717) is 10.0 Å². The molecule has 21 heavy (non-hydrogen) atoms. The van der Waals surface area contributed by atoms with Crippen molar-refractivity contribution in [2.24, 2.45) is 0 Å². The van der Waals surface area contributed by atoms with Crippen LogP contribution in [0.5, 0.6) is 0 Å². The van der Waals surface area contributed by atoms with Crippen LogP contribution in [0.3, 0.4) is 0 Å². The molecule has 0 bridgehead atoms. The average Bonchev–Trinajstić information content (AvgIpc) is 3.10. The minimum Gasteiger partial charge on any atom is -0.370 e. The third kappa shape index (κ3) is 3.19. The van der Waals surface area contributed by atoms with E-state index < -0.39 is 10.0 Å². The molecular weight excluding hydrogens is 306 g/mol. The van der Waals surface area contributed by atoms with Crippen molar-refractivity contribution in [3.05, 3.63) is 35.3 Å². The van der Waals surface area contributed by atoms with Crippen LogP contribution in [-0.2, 0) is 10.0 Å². The van der Waals surface area contributed by atoms with E-state index in [4.69, 9.17) is 0 Å². The van der Waals surface area contributed by atoms with E-state index in [9.17, 15) is 8.42 Å². The van der Waals surface area contributed by atoms with Crippen molar-refractivity contribution in [2.45, 2.75) is 24.0 Å². The highest BCUT2D eigenvalue weighted by Gasteiger charge is 2.17. The summed E-state index contributed by atoms with van der Waals surface area (Å²) in [6.45, 7) is 3.97. The fourth-order valence-corrected chi connectivity index (χ4v) is 4.64. The Bertz CT molecular complexity index is 717. The van der Waals surface area contributed by atoms with Crippen molar-refractivity contribution in [1.29, 1.82) is 0 Å². The molecule has 0 saturated carbocycles. The first-order valence-corrected chi connectivity index (χ1v) is 9.15. The van der Waals surface area contributed by atoms with E-state index >= 15 is 0 Å². The fourth-order valence-electron chi connectivity index (χ4n) is 2.35. The van der Waals surface area contributed by atoms with Gasteiger partial charge in [0.25, 0.3) is 10.0 Å². The van der Waals surface area contributed by atoms with Gasteiger partial charge in [-0.15, -0.1) is 11.3 Å². The van der Waals surface area contributed by atoms with Gasteiger partial charge >= 0.3 is 0 Å². The second-order valence-corrected chi connectivity index (χ2v) is 8.26. The van der Waals surface area contributed by atoms with E-state index in [1.807, 2.05) is 13.0 Å². The van der Waals surface area contributed by atoms with Crippen LogP contribution in [0.2, 0.25) is 0 Å². The van der Waals surface area contributed by atoms with Crippen molar-refractivity contribution < 1.29 is 8.42 Å². The van der Waals surface area contributed by atoms with Crippen molar-refractivity contribution in [3.63, 3.8) is 0 Å². The predicted molar refractivity (Wildman–Crippen MR) is 85.5 cm³/mol. The lowest BCUT2D eigenvalue weighted by Gasteiger charge is -2.17. The minimum atomic E-state index is -3.53. The normalized spacial score (nSPS) is 15.4. The standard InChI is InChI=1S/C14H17N3O2S2/c1-11-4-7-14(20-11)21(18,19)16-13-6-5-12(10-15-13)17-8-2-3-9-17/h4-7,10H,2-3,8-9H2,1H3,(H,15,16). The second kappa shape index (κ2) is 5.65.